The van der Waals surface area contributed by atoms with Crippen molar-refractivity contribution in [1.29, 1.82) is 0 Å². The Balaban J connectivity index is 1.77. The summed E-state index contributed by atoms with van der Waals surface area (Å²) in [6, 6.07) is 0.616. The number of piperidine rings is 1. The Morgan fingerprint density at radius 2 is 2.05 bits per heavy atom. The Bertz CT molecular complexity index is 308. The summed E-state index contributed by atoms with van der Waals surface area (Å²) in [4.78, 5) is 14.3. The highest BCUT2D eigenvalue weighted by atomic mass is 16.2. The van der Waals surface area contributed by atoms with Gasteiger partial charge >= 0.3 is 0 Å². The molecular formula is C15H29N3O. The van der Waals surface area contributed by atoms with Crippen molar-refractivity contribution >= 4 is 5.91 Å². The molecule has 3 unspecified atom stereocenters. The largest absolute Gasteiger partial charge is 0.352 e. The van der Waals surface area contributed by atoms with Gasteiger partial charge in [-0.15, -0.1) is 0 Å². The Hall–Kier alpha value is -0.610. The summed E-state index contributed by atoms with van der Waals surface area (Å²) in [5.74, 6) is 1.50. The van der Waals surface area contributed by atoms with Crippen molar-refractivity contribution in [1.82, 2.24) is 10.2 Å². The molecule has 2 fully saturated rings. The summed E-state index contributed by atoms with van der Waals surface area (Å²) in [5, 5.41) is 3.24. The van der Waals surface area contributed by atoms with Crippen molar-refractivity contribution in [3.8, 4) is 0 Å². The van der Waals surface area contributed by atoms with Crippen molar-refractivity contribution in [3.05, 3.63) is 0 Å². The average molecular weight is 267 g/mol. The summed E-state index contributed by atoms with van der Waals surface area (Å²) in [7, 11) is 0. The van der Waals surface area contributed by atoms with Gasteiger partial charge in [-0.05, 0) is 37.6 Å². The van der Waals surface area contributed by atoms with Crippen LogP contribution in [-0.2, 0) is 4.79 Å². The molecular weight excluding hydrogens is 238 g/mol. The topological polar surface area (TPSA) is 58.4 Å². The highest BCUT2D eigenvalue weighted by molar-refractivity contribution is 5.78. The maximum atomic E-state index is 12.1. The minimum atomic E-state index is 0.181. The van der Waals surface area contributed by atoms with Gasteiger partial charge in [0.25, 0.3) is 0 Å². The molecule has 4 atom stereocenters. The van der Waals surface area contributed by atoms with E-state index >= 15 is 0 Å². The molecule has 2 rings (SSSR count). The molecule has 1 amide bonds. The van der Waals surface area contributed by atoms with E-state index in [2.05, 4.69) is 24.1 Å². The van der Waals surface area contributed by atoms with E-state index in [1.54, 1.807) is 0 Å². The van der Waals surface area contributed by atoms with E-state index in [0.29, 0.717) is 18.5 Å². The average Bonchev–Trinajstić information content (AvgIpc) is 2.35. The molecule has 110 valence electrons. The normalized spacial score (nSPS) is 37.0. The van der Waals surface area contributed by atoms with Crippen molar-refractivity contribution in [2.24, 2.45) is 17.6 Å². The highest BCUT2D eigenvalue weighted by Crippen LogP contribution is 2.29. The first-order valence-corrected chi connectivity index (χ1v) is 7.83. The number of carbonyl (C=O) groups excluding carboxylic acids is 1. The maximum Gasteiger partial charge on any atom is 0.234 e. The minimum Gasteiger partial charge on any atom is -0.352 e. The van der Waals surface area contributed by atoms with Gasteiger partial charge in [-0.3, -0.25) is 9.69 Å². The summed E-state index contributed by atoms with van der Waals surface area (Å²) in [6.07, 6.45) is 5.89. The number of nitrogens with two attached hydrogens (primary N) is 1. The van der Waals surface area contributed by atoms with E-state index in [1.807, 2.05) is 0 Å². The first-order chi connectivity index (χ1) is 9.06. The number of nitrogens with zero attached hydrogens (tertiary/aromatic N) is 1. The van der Waals surface area contributed by atoms with Crippen LogP contribution in [0.1, 0.15) is 46.0 Å². The molecule has 0 radical (unpaired) electrons. The Morgan fingerprint density at radius 3 is 2.79 bits per heavy atom. The first kappa shape index (κ1) is 14.8. The first-order valence-electron chi connectivity index (χ1n) is 7.83. The lowest BCUT2D eigenvalue weighted by atomic mass is 9.78. The fraction of sp³-hybridized carbons (Fsp3) is 0.933. The molecule has 2 aliphatic rings. The molecule has 0 aromatic rings. The molecule has 0 spiro atoms. The van der Waals surface area contributed by atoms with Gasteiger partial charge in [-0.2, -0.15) is 0 Å². The van der Waals surface area contributed by atoms with Gasteiger partial charge in [0.1, 0.15) is 0 Å². The van der Waals surface area contributed by atoms with E-state index in [0.717, 1.165) is 38.3 Å². The minimum absolute atomic E-state index is 0.181. The van der Waals surface area contributed by atoms with E-state index in [-0.39, 0.29) is 11.9 Å². The molecule has 1 saturated carbocycles. The summed E-state index contributed by atoms with van der Waals surface area (Å²) in [6.45, 7) is 6.96. The van der Waals surface area contributed by atoms with Gasteiger partial charge in [0, 0.05) is 18.6 Å². The predicted octanol–water partition coefficient (Wildman–Crippen LogP) is 1.35. The number of carbonyl (C=O) groups is 1. The molecule has 1 aliphatic heterocycles. The number of likely N-dealkylation sites (tertiary alicyclic amines) is 1. The maximum absolute atomic E-state index is 12.1. The molecule has 3 N–H and O–H groups in total. The Labute approximate surface area is 117 Å². The van der Waals surface area contributed by atoms with E-state index < -0.39 is 0 Å². The molecule has 4 heteroatoms. The summed E-state index contributed by atoms with van der Waals surface area (Å²) in [5.41, 5.74) is 5.95. The zero-order valence-corrected chi connectivity index (χ0v) is 12.4. The number of amides is 1. The SMILES string of the molecule is CC1CCCC(NC(=O)CN2CCC[C@@H](N)C2)C1C. The third-order valence-corrected chi connectivity index (χ3v) is 4.96. The molecule has 1 aliphatic carbocycles. The van der Waals surface area contributed by atoms with Gasteiger partial charge < -0.3 is 11.1 Å². The Kier molecular flexibility index (Phi) is 5.22. The van der Waals surface area contributed by atoms with Gasteiger partial charge in [-0.25, -0.2) is 0 Å². The van der Waals surface area contributed by atoms with Gasteiger partial charge in [0.05, 0.1) is 6.54 Å². The number of rotatable bonds is 3. The van der Waals surface area contributed by atoms with Crippen LogP contribution in [0.5, 0.6) is 0 Å². The van der Waals surface area contributed by atoms with Crippen LogP contribution in [0.2, 0.25) is 0 Å². The summed E-state index contributed by atoms with van der Waals surface area (Å²) < 4.78 is 0. The molecule has 19 heavy (non-hydrogen) atoms. The lowest BCUT2D eigenvalue weighted by Gasteiger charge is -2.36. The van der Waals surface area contributed by atoms with Crippen molar-refractivity contribution in [2.75, 3.05) is 19.6 Å². The predicted molar refractivity (Wildman–Crippen MR) is 77.8 cm³/mol. The third-order valence-electron chi connectivity index (χ3n) is 4.96. The second kappa shape index (κ2) is 6.71. The van der Waals surface area contributed by atoms with Crippen LogP contribution < -0.4 is 11.1 Å². The van der Waals surface area contributed by atoms with Crippen LogP contribution in [-0.4, -0.2) is 42.5 Å². The van der Waals surface area contributed by atoms with Crippen LogP contribution in [0.4, 0.5) is 0 Å². The van der Waals surface area contributed by atoms with Crippen LogP contribution in [0, 0.1) is 11.8 Å². The van der Waals surface area contributed by atoms with Gasteiger partial charge in [0.2, 0.25) is 5.91 Å². The molecule has 4 nitrogen and oxygen atoms in total. The van der Waals surface area contributed by atoms with E-state index in [9.17, 15) is 4.79 Å². The molecule has 0 aromatic heterocycles. The number of nitrogens with one attached hydrogen (secondary N) is 1. The smallest absolute Gasteiger partial charge is 0.234 e. The van der Waals surface area contributed by atoms with Crippen LogP contribution in [0.25, 0.3) is 0 Å². The van der Waals surface area contributed by atoms with Crippen LogP contribution in [0.3, 0.4) is 0 Å². The fourth-order valence-electron chi connectivity index (χ4n) is 3.48. The lowest BCUT2D eigenvalue weighted by Crippen LogP contribution is -2.50. The number of hydrogen-bond acceptors (Lipinski definition) is 3. The van der Waals surface area contributed by atoms with Gasteiger partial charge in [0.15, 0.2) is 0 Å². The van der Waals surface area contributed by atoms with Crippen LogP contribution in [0.15, 0.2) is 0 Å². The zero-order valence-electron chi connectivity index (χ0n) is 12.4. The highest BCUT2D eigenvalue weighted by Gasteiger charge is 2.28. The second-order valence-corrected chi connectivity index (χ2v) is 6.58. The van der Waals surface area contributed by atoms with Crippen LogP contribution >= 0.6 is 0 Å². The standard InChI is InChI=1S/C15H29N3O/c1-11-5-3-7-14(12(11)2)17-15(19)10-18-8-4-6-13(16)9-18/h11-14H,3-10,16H2,1-2H3,(H,17,19)/t11?,12?,13-,14?/m1/s1. The molecule has 0 aromatic carbocycles. The Morgan fingerprint density at radius 1 is 1.26 bits per heavy atom. The van der Waals surface area contributed by atoms with E-state index in [1.165, 1.54) is 12.8 Å². The molecule has 1 heterocycles. The zero-order chi connectivity index (χ0) is 13.8. The van der Waals surface area contributed by atoms with Crippen molar-refractivity contribution < 1.29 is 4.79 Å². The monoisotopic (exact) mass is 267 g/mol. The molecule has 1 saturated heterocycles. The molecule has 0 bridgehead atoms. The lowest BCUT2D eigenvalue weighted by molar-refractivity contribution is -0.124. The summed E-state index contributed by atoms with van der Waals surface area (Å²) >= 11 is 0. The number of hydrogen-bond donors (Lipinski definition) is 2. The quantitative estimate of drug-likeness (QED) is 0.811. The third kappa shape index (κ3) is 4.18. The van der Waals surface area contributed by atoms with E-state index in [4.69, 9.17) is 5.73 Å². The van der Waals surface area contributed by atoms with Crippen molar-refractivity contribution in [2.45, 2.75) is 58.0 Å². The fourth-order valence-corrected chi connectivity index (χ4v) is 3.48. The van der Waals surface area contributed by atoms with Gasteiger partial charge in [-0.1, -0.05) is 26.7 Å². The second-order valence-electron chi connectivity index (χ2n) is 6.58. The van der Waals surface area contributed by atoms with Crippen molar-refractivity contribution in [3.63, 3.8) is 0 Å².